The summed E-state index contributed by atoms with van der Waals surface area (Å²) < 4.78 is 6.33. The Kier molecular flexibility index (Phi) is 5.36. The van der Waals surface area contributed by atoms with Crippen LogP contribution in [0.5, 0.6) is 0 Å². The summed E-state index contributed by atoms with van der Waals surface area (Å²) in [5.41, 5.74) is 0.563. The number of aromatic nitrogens is 2. The van der Waals surface area contributed by atoms with Crippen LogP contribution in [0.15, 0.2) is 6.07 Å². The number of esters is 1. The molecule has 6 heteroatoms. The zero-order chi connectivity index (χ0) is 15.2. The second-order valence-electron chi connectivity index (χ2n) is 5.42. The molecule has 1 aromatic rings. The van der Waals surface area contributed by atoms with E-state index in [0.29, 0.717) is 12.3 Å². The van der Waals surface area contributed by atoms with Crippen molar-refractivity contribution in [2.45, 2.75) is 51.5 Å². The van der Waals surface area contributed by atoms with E-state index >= 15 is 0 Å². The molecule has 1 N–H and O–H groups in total. The van der Waals surface area contributed by atoms with Crippen molar-refractivity contribution in [3.8, 4) is 0 Å². The molecule has 116 valence electrons. The van der Waals surface area contributed by atoms with E-state index in [0.717, 1.165) is 25.7 Å². The normalized spacial score (nSPS) is 16.3. The van der Waals surface area contributed by atoms with Crippen molar-refractivity contribution < 1.29 is 14.3 Å². The predicted octanol–water partition coefficient (Wildman–Crippen LogP) is 2.05. The zero-order valence-corrected chi connectivity index (χ0v) is 12.7. The Morgan fingerprint density at radius 1 is 1.33 bits per heavy atom. The SMILES string of the molecule is CCOC(=O)c1cc(C(=O)NC2CCCCCC2)nn1C. The van der Waals surface area contributed by atoms with Gasteiger partial charge in [-0.25, -0.2) is 4.79 Å². The lowest BCUT2D eigenvalue weighted by Crippen LogP contribution is -2.34. The van der Waals surface area contributed by atoms with E-state index < -0.39 is 5.97 Å². The van der Waals surface area contributed by atoms with Crippen LogP contribution < -0.4 is 5.32 Å². The van der Waals surface area contributed by atoms with Gasteiger partial charge in [0.1, 0.15) is 5.69 Å². The Balaban J connectivity index is 2.02. The van der Waals surface area contributed by atoms with Crippen molar-refractivity contribution in [2.24, 2.45) is 7.05 Å². The number of ether oxygens (including phenoxy) is 1. The fourth-order valence-corrected chi connectivity index (χ4v) is 2.66. The highest BCUT2D eigenvalue weighted by atomic mass is 16.5. The van der Waals surface area contributed by atoms with Gasteiger partial charge in [0.2, 0.25) is 0 Å². The molecule has 1 heterocycles. The summed E-state index contributed by atoms with van der Waals surface area (Å²) in [6.45, 7) is 2.04. The number of amides is 1. The van der Waals surface area contributed by atoms with Crippen LogP contribution in [0.1, 0.15) is 66.4 Å². The fraction of sp³-hybridized carbons (Fsp3) is 0.667. The number of carbonyl (C=O) groups is 2. The van der Waals surface area contributed by atoms with E-state index in [-0.39, 0.29) is 17.6 Å². The molecule has 0 aliphatic heterocycles. The van der Waals surface area contributed by atoms with Gasteiger partial charge in [-0.2, -0.15) is 5.10 Å². The van der Waals surface area contributed by atoms with E-state index in [9.17, 15) is 9.59 Å². The molecule has 0 bridgehead atoms. The van der Waals surface area contributed by atoms with E-state index in [2.05, 4.69) is 10.4 Å². The maximum atomic E-state index is 12.2. The average molecular weight is 293 g/mol. The van der Waals surface area contributed by atoms with Crippen molar-refractivity contribution >= 4 is 11.9 Å². The third kappa shape index (κ3) is 4.06. The Bertz CT molecular complexity index is 502. The van der Waals surface area contributed by atoms with Gasteiger partial charge < -0.3 is 10.1 Å². The highest BCUT2D eigenvalue weighted by Gasteiger charge is 2.21. The van der Waals surface area contributed by atoms with Gasteiger partial charge in [0.25, 0.3) is 5.91 Å². The number of rotatable bonds is 4. The van der Waals surface area contributed by atoms with Crippen molar-refractivity contribution in [3.63, 3.8) is 0 Å². The molecule has 1 aliphatic rings. The van der Waals surface area contributed by atoms with Crippen molar-refractivity contribution in [2.75, 3.05) is 6.61 Å². The van der Waals surface area contributed by atoms with Gasteiger partial charge in [0.05, 0.1) is 6.61 Å². The number of nitrogens with zero attached hydrogens (tertiary/aromatic N) is 2. The van der Waals surface area contributed by atoms with Gasteiger partial charge in [0.15, 0.2) is 5.69 Å². The zero-order valence-electron chi connectivity index (χ0n) is 12.7. The van der Waals surface area contributed by atoms with E-state index in [1.807, 2.05) is 0 Å². The highest BCUT2D eigenvalue weighted by Crippen LogP contribution is 2.17. The molecular weight excluding hydrogens is 270 g/mol. The molecule has 0 aromatic carbocycles. The minimum Gasteiger partial charge on any atom is -0.461 e. The van der Waals surface area contributed by atoms with Gasteiger partial charge in [-0.05, 0) is 19.8 Å². The van der Waals surface area contributed by atoms with Crippen molar-refractivity contribution in [1.82, 2.24) is 15.1 Å². The summed E-state index contributed by atoms with van der Waals surface area (Å²) in [7, 11) is 1.63. The summed E-state index contributed by atoms with van der Waals surface area (Å²) >= 11 is 0. The average Bonchev–Trinajstić information content (AvgIpc) is 2.67. The first-order chi connectivity index (χ1) is 10.1. The van der Waals surface area contributed by atoms with Gasteiger partial charge in [-0.15, -0.1) is 0 Å². The van der Waals surface area contributed by atoms with Crippen LogP contribution in [0.4, 0.5) is 0 Å². The van der Waals surface area contributed by atoms with Crippen LogP contribution in [0, 0.1) is 0 Å². The lowest BCUT2D eigenvalue weighted by molar-refractivity contribution is 0.0513. The third-order valence-corrected chi connectivity index (χ3v) is 3.79. The largest absolute Gasteiger partial charge is 0.461 e. The highest BCUT2D eigenvalue weighted by molar-refractivity contribution is 5.96. The molecule has 1 fully saturated rings. The summed E-state index contributed by atoms with van der Waals surface area (Å²) in [6.07, 6.45) is 6.82. The number of hydrogen-bond donors (Lipinski definition) is 1. The molecule has 0 atom stereocenters. The van der Waals surface area contributed by atoms with Gasteiger partial charge >= 0.3 is 5.97 Å². The van der Waals surface area contributed by atoms with Crippen LogP contribution in [0.3, 0.4) is 0 Å². The molecule has 21 heavy (non-hydrogen) atoms. The number of nitrogens with one attached hydrogen (secondary N) is 1. The summed E-state index contributed by atoms with van der Waals surface area (Å²) in [6, 6.07) is 1.71. The smallest absolute Gasteiger partial charge is 0.356 e. The number of carbonyl (C=O) groups excluding carboxylic acids is 2. The summed E-state index contributed by atoms with van der Waals surface area (Å²) in [4.78, 5) is 24.0. The Morgan fingerprint density at radius 2 is 2.00 bits per heavy atom. The van der Waals surface area contributed by atoms with E-state index in [1.165, 1.54) is 23.6 Å². The molecule has 1 amide bonds. The van der Waals surface area contributed by atoms with Crippen LogP contribution in [0.25, 0.3) is 0 Å². The maximum absolute atomic E-state index is 12.2. The standard InChI is InChI=1S/C15H23N3O3/c1-3-21-15(20)13-10-12(17-18(13)2)14(19)16-11-8-6-4-5-7-9-11/h10-11H,3-9H2,1-2H3,(H,16,19). The quantitative estimate of drug-likeness (QED) is 0.681. The lowest BCUT2D eigenvalue weighted by atomic mass is 10.1. The topological polar surface area (TPSA) is 73.2 Å². The number of aryl methyl sites for hydroxylation is 1. The molecule has 0 radical (unpaired) electrons. The van der Waals surface area contributed by atoms with Gasteiger partial charge in [0, 0.05) is 19.2 Å². The molecule has 1 saturated carbocycles. The van der Waals surface area contributed by atoms with E-state index in [1.54, 1.807) is 14.0 Å². The molecular formula is C15H23N3O3. The molecule has 1 aromatic heterocycles. The second-order valence-corrected chi connectivity index (χ2v) is 5.42. The number of hydrogen-bond acceptors (Lipinski definition) is 4. The van der Waals surface area contributed by atoms with Crippen LogP contribution >= 0.6 is 0 Å². The molecule has 1 aliphatic carbocycles. The van der Waals surface area contributed by atoms with Gasteiger partial charge in [-0.3, -0.25) is 9.48 Å². The molecule has 6 nitrogen and oxygen atoms in total. The lowest BCUT2D eigenvalue weighted by Gasteiger charge is -2.14. The Hall–Kier alpha value is -1.85. The second kappa shape index (κ2) is 7.24. The molecule has 0 unspecified atom stereocenters. The Labute approximate surface area is 124 Å². The van der Waals surface area contributed by atoms with Crippen molar-refractivity contribution in [1.29, 1.82) is 0 Å². The Morgan fingerprint density at radius 3 is 2.62 bits per heavy atom. The summed E-state index contributed by atoms with van der Waals surface area (Å²) in [5, 5.41) is 7.13. The van der Waals surface area contributed by atoms with Crippen LogP contribution in [0.2, 0.25) is 0 Å². The minimum absolute atomic E-state index is 0.215. The first kappa shape index (κ1) is 15.5. The molecule has 0 spiro atoms. The summed E-state index contributed by atoms with van der Waals surface area (Å²) in [5.74, 6) is -0.672. The van der Waals surface area contributed by atoms with Crippen molar-refractivity contribution in [3.05, 3.63) is 17.5 Å². The minimum atomic E-state index is -0.457. The molecule has 0 saturated heterocycles. The monoisotopic (exact) mass is 293 g/mol. The third-order valence-electron chi connectivity index (χ3n) is 3.79. The first-order valence-electron chi connectivity index (χ1n) is 7.64. The van der Waals surface area contributed by atoms with E-state index in [4.69, 9.17) is 4.74 Å². The fourth-order valence-electron chi connectivity index (χ4n) is 2.66. The molecule has 2 rings (SSSR count). The first-order valence-corrected chi connectivity index (χ1v) is 7.64. The van der Waals surface area contributed by atoms with Crippen LogP contribution in [-0.2, 0) is 11.8 Å². The predicted molar refractivity (Wildman–Crippen MR) is 78.1 cm³/mol. The van der Waals surface area contributed by atoms with Gasteiger partial charge in [-0.1, -0.05) is 25.7 Å². The van der Waals surface area contributed by atoms with Crippen LogP contribution in [-0.4, -0.2) is 34.3 Å². The maximum Gasteiger partial charge on any atom is 0.356 e.